The van der Waals surface area contributed by atoms with Crippen LogP contribution in [0.4, 0.5) is 5.95 Å². The Hall–Kier alpha value is -1.20. The Kier molecular flexibility index (Phi) is 5.31. The van der Waals surface area contributed by atoms with Crippen LogP contribution in [-0.2, 0) is 6.42 Å². The summed E-state index contributed by atoms with van der Waals surface area (Å²) in [5, 5.41) is 3.36. The van der Waals surface area contributed by atoms with Crippen molar-refractivity contribution in [3.05, 3.63) is 17.0 Å². The lowest BCUT2D eigenvalue weighted by molar-refractivity contribution is 0.311. The number of aryl methyl sites for hydroxylation is 2. The fourth-order valence-corrected chi connectivity index (χ4v) is 2.62. The second-order valence-corrected chi connectivity index (χ2v) is 5.57. The third-order valence-corrected chi connectivity index (χ3v) is 4.00. The molecule has 1 aliphatic heterocycles. The number of aromatic nitrogens is 2. The molecule has 20 heavy (non-hydrogen) atoms. The van der Waals surface area contributed by atoms with E-state index in [4.69, 9.17) is 9.97 Å². The Morgan fingerprint density at radius 1 is 1.05 bits per heavy atom. The van der Waals surface area contributed by atoms with Gasteiger partial charge < -0.3 is 15.1 Å². The molecule has 112 valence electrons. The van der Waals surface area contributed by atoms with E-state index >= 15 is 0 Å². The minimum Gasteiger partial charge on any atom is -0.338 e. The van der Waals surface area contributed by atoms with E-state index in [0.29, 0.717) is 0 Å². The SMILES string of the molecule is CCNCCc1c(C)nc(N2CCN(C)CC2)nc1C. The van der Waals surface area contributed by atoms with Gasteiger partial charge in [-0.15, -0.1) is 0 Å². The zero-order valence-electron chi connectivity index (χ0n) is 13.2. The zero-order chi connectivity index (χ0) is 14.5. The van der Waals surface area contributed by atoms with Crippen molar-refractivity contribution in [1.82, 2.24) is 20.2 Å². The molecule has 1 fully saturated rings. The second kappa shape index (κ2) is 6.99. The highest BCUT2D eigenvalue weighted by atomic mass is 15.3. The first-order valence-corrected chi connectivity index (χ1v) is 7.60. The summed E-state index contributed by atoms with van der Waals surface area (Å²) in [6.45, 7) is 12.6. The van der Waals surface area contributed by atoms with Crippen LogP contribution in [0.15, 0.2) is 0 Å². The molecule has 2 heterocycles. The van der Waals surface area contributed by atoms with E-state index < -0.39 is 0 Å². The smallest absolute Gasteiger partial charge is 0.225 e. The summed E-state index contributed by atoms with van der Waals surface area (Å²) >= 11 is 0. The molecule has 1 saturated heterocycles. The molecule has 0 unspecified atom stereocenters. The first-order chi connectivity index (χ1) is 9.61. The van der Waals surface area contributed by atoms with Crippen LogP contribution >= 0.6 is 0 Å². The predicted molar refractivity (Wildman–Crippen MR) is 83.5 cm³/mol. The third-order valence-electron chi connectivity index (χ3n) is 4.00. The van der Waals surface area contributed by atoms with Crippen LogP contribution < -0.4 is 10.2 Å². The van der Waals surface area contributed by atoms with Gasteiger partial charge in [0, 0.05) is 37.6 Å². The third kappa shape index (κ3) is 3.67. The molecule has 1 N–H and O–H groups in total. The van der Waals surface area contributed by atoms with E-state index in [1.54, 1.807) is 0 Å². The highest BCUT2D eigenvalue weighted by molar-refractivity contribution is 5.37. The van der Waals surface area contributed by atoms with E-state index in [9.17, 15) is 0 Å². The summed E-state index contributed by atoms with van der Waals surface area (Å²) in [7, 11) is 2.17. The molecule has 0 amide bonds. The van der Waals surface area contributed by atoms with Crippen molar-refractivity contribution < 1.29 is 0 Å². The first kappa shape index (κ1) is 15.2. The van der Waals surface area contributed by atoms with E-state index in [1.165, 1.54) is 5.56 Å². The van der Waals surface area contributed by atoms with Crippen molar-refractivity contribution in [2.45, 2.75) is 27.2 Å². The van der Waals surface area contributed by atoms with Gasteiger partial charge in [-0.05, 0) is 46.0 Å². The summed E-state index contributed by atoms with van der Waals surface area (Å²) < 4.78 is 0. The largest absolute Gasteiger partial charge is 0.338 e. The molecule has 0 radical (unpaired) electrons. The van der Waals surface area contributed by atoms with Gasteiger partial charge in [0.05, 0.1) is 0 Å². The molecule has 0 saturated carbocycles. The molecule has 1 aromatic rings. The molecule has 1 aliphatic rings. The van der Waals surface area contributed by atoms with Gasteiger partial charge in [0.1, 0.15) is 0 Å². The fraction of sp³-hybridized carbons (Fsp3) is 0.733. The lowest BCUT2D eigenvalue weighted by Crippen LogP contribution is -2.45. The van der Waals surface area contributed by atoms with Crippen LogP contribution in [0.2, 0.25) is 0 Å². The molecule has 0 bridgehead atoms. The molecule has 0 spiro atoms. The molecule has 0 aliphatic carbocycles. The number of rotatable bonds is 5. The van der Waals surface area contributed by atoms with Gasteiger partial charge in [-0.25, -0.2) is 9.97 Å². The number of likely N-dealkylation sites (N-methyl/N-ethyl adjacent to an activating group) is 2. The Balaban J connectivity index is 2.09. The number of hydrogen-bond donors (Lipinski definition) is 1. The van der Waals surface area contributed by atoms with Crippen molar-refractivity contribution >= 4 is 5.95 Å². The van der Waals surface area contributed by atoms with Gasteiger partial charge in [0.15, 0.2) is 0 Å². The molecule has 1 aromatic heterocycles. The van der Waals surface area contributed by atoms with Crippen LogP contribution in [-0.4, -0.2) is 61.2 Å². The number of anilines is 1. The number of nitrogens with zero attached hydrogens (tertiary/aromatic N) is 4. The van der Waals surface area contributed by atoms with E-state index in [1.807, 2.05) is 0 Å². The lowest BCUT2D eigenvalue weighted by atomic mass is 10.1. The van der Waals surface area contributed by atoms with Crippen molar-refractivity contribution in [2.75, 3.05) is 51.2 Å². The van der Waals surface area contributed by atoms with Gasteiger partial charge in [-0.3, -0.25) is 0 Å². The van der Waals surface area contributed by atoms with Crippen molar-refractivity contribution in [3.63, 3.8) is 0 Å². The minimum absolute atomic E-state index is 0.903. The Labute approximate surface area is 122 Å². The van der Waals surface area contributed by atoms with Crippen LogP contribution in [0.1, 0.15) is 23.9 Å². The van der Waals surface area contributed by atoms with Gasteiger partial charge in [-0.1, -0.05) is 6.92 Å². The summed E-state index contributed by atoms with van der Waals surface area (Å²) in [4.78, 5) is 14.1. The Morgan fingerprint density at radius 3 is 2.20 bits per heavy atom. The normalized spacial score (nSPS) is 16.7. The highest BCUT2D eigenvalue weighted by Gasteiger charge is 2.18. The maximum atomic E-state index is 4.73. The molecule has 5 heteroatoms. The molecular formula is C15H27N5. The van der Waals surface area contributed by atoms with Gasteiger partial charge in [0.2, 0.25) is 5.95 Å². The number of nitrogens with one attached hydrogen (secondary N) is 1. The quantitative estimate of drug-likeness (QED) is 0.813. The zero-order valence-corrected chi connectivity index (χ0v) is 13.2. The fourth-order valence-electron chi connectivity index (χ4n) is 2.62. The Morgan fingerprint density at radius 2 is 1.65 bits per heavy atom. The maximum absolute atomic E-state index is 4.73. The molecule has 5 nitrogen and oxygen atoms in total. The van der Waals surface area contributed by atoms with Crippen molar-refractivity contribution in [3.8, 4) is 0 Å². The van der Waals surface area contributed by atoms with Crippen LogP contribution in [0.25, 0.3) is 0 Å². The van der Waals surface area contributed by atoms with E-state index in [-0.39, 0.29) is 0 Å². The predicted octanol–water partition coefficient (Wildman–Crippen LogP) is 0.997. The maximum Gasteiger partial charge on any atom is 0.225 e. The lowest BCUT2D eigenvalue weighted by Gasteiger charge is -2.32. The van der Waals surface area contributed by atoms with Crippen LogP contribution in [0, 0.1) is 13.8 Å². The van der Waals surface area contributed by atoms with Gasteiger partial charge in [0.25, 0.3) is 0 Å². The van der Waals surface area contributed by atoms with Crippen LogP contribution in [0.5, 0.6) is 0 Å². The summed E-state index contributed by atoms with van der Waals surface area (Å²) in [6, 6.07) is 0. The average Bonchev–Trinajstić information content (AvgIpc) is 2.42. The van der Waals surface area contributed by atoms with Gasteiger partial charge >= 0.3 is 0 Å². The van der Waals surface area contributed by atoms with E-state index in [0.717, 1.165) is 63.0 Å². The minimum atomic E-state index is 0.903. The molecular weight excluding hydrogens is 250 g/mol. The van der Waals surface area contributed by atoms with Crippen LogP contribution in [0.3, 0.4) is 0 Å². The topological polar surface area (TPSA) is 44.3 Å². The molecule has 0 atom stereocenters. The Bertz CT molecular complexity index is 415. The standard InChI is InChI=1S/C15H27N5/c1-5-16-7-6-14-12(2)17-15(18-13(14)3)20-10-8-19(4)9-11-20/h16H,5-11H2,1-4H3. The van der Waals surface area contributed by atoms with E-state index in [2.05, 4.69) is 42.9 Å². The summed E-state index contributed by atoms with van der Waals surface area (Å²) in [5.41, 5.74) is 3.55. The van der Waals surface area contributed by atoms with Gasteiger partial charge in [-0.2, -0.15) is 0 Å². The highest BCUT2D eigenvalue weighted by Crippen LogP contribution is 2.17. The van der Waals surface area contributed by atoms with Crippen molar-refractivity contribution in [2.24, 2.45) is 0 Å². The second-order valence-electron chi connectivity index (χ2n) is 5.57. The first-order valence-electron chi connectivity index (χ1n) is 7.60. The summed E-state index contributed by atoms with van der Waals surface area (Å²) in [5.74, 6) is 0.903. The molecule has 0 aromatic carbocycles. The number of hydrogen-bond acceptors (Lipinski definition) is 5. The monoisotopic (exact) mass is 277 g/mol. The summed E-state index contributed by atoms with van der Waals surface area (Å²) in [6.07, 6.45) is 1.01. The van der Waals surface area contributed by atoms with Crippen molar-refractivity contribution in [1.29, 1.82) is 0 Å². The average molecular weight is 277 g/mol. The molecule has 2 rings (SSSR count). The number of piperazine rings is 1.